The van der Waals surface area contributed by atoms with Crippen LogP contribution in [0.25, 0.3) is 43.8 Å². The van der Waals surface area contributed by atoms with Crippen LogP contribution in [0.2, 0.25) is 0 Å². The van der Waals surface area contributed by atoms with E-state index in [0.29, 0.717) is 0 Å². The Kier molecular flexibility index (Phi) is 4.03. The average Bonchev–Trinajstić information content (AvgIpc) is 2.75. The first-order valence-electron chi connectivity index (χ1n) is 9.08. The lowest BCUT2D eigenvalue weighted by atomic mass is 9.90. The first-order valence-corrected chi connectivity index (χ1v) is 9.87. The molecule has 0 heterocycles. The topological polar surface area (TPSA) is 0 Å². The predicted molar refractivity (Wildman–Crippen MR) is 120 cm³/mol. The predicted octanol–water partition coefficient (Wildman–Crippen LogP) is 8.09. The highest BCUT2D eigenvalue weighted by Crippen LogP contribution is 2.42. The monoisotopic (exact) mass is 408 g/mol. The minimum atomic E-state index is 1.16. The molecule has 27 heavy (non-hydrogen) atoms. The van der Waals surface area contributed by atoms with Gasteiger partial charge >= 0.3 is 0 Å². The van der Waals surface area contributed by atoms with Crippen molar-refractivity contribution >= 4 is 37.5 Å². The molecule has 0 saturated heterocycles. The van der Waals surface area contributed by atoms with Gasteiger partial charge in [0.2, 0.25) is 0 Å². The van der Waals surface area contributed by atoms with Gasteiger partial charge in [0.1, 0.15) is 0 Å². The van der Waals surface area contributed by atoms with Crippen molar-refractivity contribution in [3.8, 4) is 22.3 Å². The van der Waals surface area contributed by atoms with E-state index in [2.05, 4.69) is 119 Å². The molecule has 0 aliphatic rings. The van der Waals surface area contributed by atoms with Gasteiger partial charge in [-0.05, 0) is 65.8 Å². The molecule has 5 aromatic carbocycles. The summed E-state index contributed by atoms with van der Waals surface area (Å²) in [5.74, 6) is 0. The van der Waals surface area contributed by atoms with Gasteiger partial charge in [0.15, 0.2) is 0 Å². The Morgan fingerprint density at radius 2 is 0.889 bits per heavy atom. The van der Waals surface area contributed by atoms with Gasteiger partial charge in [-0.15, -0.1) is 0 Å². The zero-order chi connectivity index (χ0) is 18.2. The van der Waals surface area contributed by atoms with E-state index in [1.54, 1.807) is 0 Å². The summed E-state index contributed by atoms with van der Waals surface area (Å²) < 4.78 is 1.16. The highest BCUT2D eigenvalue weighted by molar-refractivity contribution is 9.10. The Bertz CT molecular complexity index is 1210. The Labute approximate surface area is 167 Å². The van der Waals surface area contributed by atoms with Crippen LogP contribution in [0.15, 0.2) is 108 Å². The van der Waals surface area contributed by atoms with Crippen molar-refractivity contribution < 1.29 is 0 Å². The molecule has 0 N–H and O–H groups in total. The molecule has 0 saturated carbocycles. The van der Waals surface area contributed by atoms with Crippen LogP contribution in [0.4, 0.5) is 0 Å². The number of fused-ring (bicyclic) bond motifs is 2. The molecule has 0 aliphatic carbocycles. The largest absolute Gasteiger partial charge is 0.0622 e. The molecule has 0 fully saturated rings. The van der Waals surface area contributed by atoms with Crippen molar-refractivity contribution in [2.24, 2.45) is 0 Å². The maximum absolute atomic E-state index is 3.84. The molecule has 0 aromatic heterocycles. The second-order valence-corrected chi connectivity index (χ2v) is 7.52. The number of hydrogen-bond donors (Lipinski definition) is 0. The second-order valence-electron chi connectivity index (χ2n) is 6.73. The molecule has 5 aromatic rings. The fourth-order valence-electron chi connectivity index (χ4n) is 3.87. The van der Waals surface area contributed by atoms with Crippen LogP contribution in [0.1, 0.15) is 0 Å². The minimum Gasteiger partial charge on any atom is -0.0622 e. The van der Waals surface area contributed by atoms with Gasteiger partial charge in [-0.3, -0.25) is 0 Å². The Balaban J connectivity index is 1.86. The molecule has 0 bridgehead atoms. The third kappa shape index (κ3) is 2.75. The normalized spacial score (nSPS) is 11.1. The van der Waals surface area contributed by atoms with Gasteiger partial charge in [-0.25, -0.2) is 0 Å². The van der Waals surface area contributed by atoms with Crippen molar-refractivity contribution in [2.45, 2.75) is 0 Å². The van der Waals surface area contributed by atoms with Gasteiger partial charge in [-0.1, -0.05) is 97.1 Å². The maximum Gasteiger partial charge on any atom is 0.0332 e. The molecule has 0 nitrogen and oxygen atoms in total. The summed E-state index contributed by atoms with van der Waals surface area (Å²) in [6, 6.07) is 36.7. The molecule has 0 unspecified atom stereocenters. The standard InChI is InChI=1S/C26H17Br/c27-26-23-15-6-4-13-21(23)25(22-14-5-7-16-24(22)26)20-12-8-11-19(17-20)18-9-2-1-3-10-18/h1-17H. The summed E-state index contributed by atoms with van der Waals surface area (Å²) in [7, 11) is 0. The highest BCUT2D eigenvalue weighted by atomic mass is 79.9. The van der Waals surface area contributed by atoms with Gasteiger partial charge in [0, 0.05) is 4.47 Å². The SMILES string of the molecule is Brc1c2ccccc2c(-c2cccc(-c3ccccc3)c2)c2ccccc12. The van der Waals surface area contributed by atoms with Crippen molar-refractivity contribution in [1.29, 1.82) is 0 Å². The van der Waals surface area contributed by atoms with E-state index in [4.69, 9.17) is 0 Å². The van der Waals surface area contributed by atoms with Gasteiger partial charge in [0.05, 0.1) is 0 Å². The Morgan fingerprint density at radius 1 is 0.407 bits per heavy atom. The lowest BCUT2D eigenvalue weighted by Gasteiger charge is -2.15. The first-order chi connectivity index (χ1) is 13.3. The zero-order valence-electron chi connectivity index (χ0n) is 14.7. The molecule has 0 radical (unpaired) electrons. The van der Waals surface area contributed by atoms with Crippen molar-refractivity contribution in [3.63, 3.8) is 0 Å². The van der Waals surface area contributed by atoms with E-state index < -0.39 is 0 Å². The van der Waals surface area contributed by atoms with E-state index in [-0.39, 0.29) is 0 Å². The molecule has 0 atom stereocenters. The van der Waals surface area contributed by atoms with Crippen LogP contribution in [-0.2, 0) is 0 Å². The van der Waals surface area contributed by atoms with Gasteiger partial charge in [-0.2, -0.15) is 0 Å². The van der Waals surface area contributed by atoms with Gasteiger partial charge < -0.3 is 0 Å². The fraction of sp³-hybridized carbons (Fsp3) is 0. The second kappa shape index (κ2) is 6.68. The number of benzene rings is 5. The van der Waals surface area contributed by atoms with E-state index in [9.17, 15) is 0 Å². The van der Waals surface area contributed by atoms with E-state index in [1.165, 1.54) is 43.8 Å². The molecule has 0 amide bonds. The molecule has 0 spiro atoms. The zero-order valence-corrected chi connectivity index (χ0v) is 16.3. The number of hydrogen-bond acceptors (Lipinski definition) is 0. The molecule has 128 valence electrons. The number of halogens is 1. The third-order valence-electron chi connectivity index (χ3n) is 5.12. The van der Waals surface area contributed by atoms with Crippen molar-refractivity contribution in [1.82, 2.24) is 0 Å². The molecular formula is C26H17Br. The summed E-state index contributed by atoms with van der Waals surface area (Å²) >= 11 is 3.84. The van der Waals surface area contributed by atoms with E-state index in [1.807, 2.05) is 0 Å². The van der Waals surface area contributed by atoms with Crippen LogP contribution in [0, 0.1) is 0 Å². The number of rotatable bonds is 2. The fourth-order valence-corrected chi connectivity index (χ4v) is 4.56. The average molecular weight is 409 g/mol. The smallest absolute Gasteiger partial charge is 0.0332 e. The minimum absolute atomic E-state index is 1.16. The maximum atomic E-state index is 3.84. The van der Waals surface area contributed by atoms with Gasteiger partial charge in [0.25, 0.3) is 0 Å². The van der Waals surface area contributed by atoms with Crippen LogP contribution in [0.3, 0.4) is 0 Å². The molecule has 1 heteroatoms. The summed E-state index contributed by atoms with van der Waals surface area (Å²) in [6.07, 6.45) is 0. The highest BCUT2D eigenvalue weighted by Gasteiger charge is 2.13. The lowest BCUT2D eigenvalue weighted by Crippen LogP contribution is -1.88. The van der Waals surface area contributed by atoms with Crippen molar-refractivity contribution in [3.05, 3.63) is 108 Å². The summed E-state index contributed by atoms with van der Waals surface area (Å²) in [5.41, 5.74) is 5.02. The summed E-state index contributed by atoms with van der Waals surface area (Å²) in [4.78, 5) is 0. The van der Waals surface area contributed by atoms with E-state index in [0.717, 1.165) is 4.47 Å². The van der Waals surface area contributed by atoms with E-state index >= 15 is 0 Å². The van der Waals surface area contributed by atoms with Crippen LogP contribution < -0.4 is 0 Å². The first kappa shape index (κ1) is 16.3. The lowest BCUT2D eigenvalue weighted by molar-refractivity contribution is 1.61. The van der Waals surface area contributed by atoms with Crippen molar-refractivity contribution in [2.75, 3.05) is 0 Å². The molecule has 5 rings (SSSR count). The van der Waals surface area contributed by atoms with Crippen LogP contribution >= 0.6 is 15.9 Å². The Morgan fingerprint density at radius 3 is 1.52 bits per heavy atom. The van der Waals surface area contributed by atoms with Crippen LogP contribution in [0.5, 0.6) is 0 Å². The summed E-state index contributed by atoms with van der Waals surface area (Å²) in [6.45, 7) is 0. The molecular weight excluding hydrogens is 392 g/mol. The quantitative estimate of drug-likeness (QED) is 0.259. The summed E-state index contributed by atoms with van der Waals surface area (Å²) in [5, 5.41) is 5.04. The Hall–Kier alpha value is -2.90. The van der Waals surface area contributed by atoms with Crippen LogP contribution in [-0.4, -0.2) is 0 Å². The molecule has 0 aliphatic heterocycles. The third-order valence-corrected chi connectivity index (χ3v) is 5.98.